The van der Waals surface area contributed by atoms with Crippen molar-refractivity contribution in [3.63, 3.8) is 0 Å². The van der Waals surface area contributed by atoms with E-state index in [1.54, 1.807) is 0 Å². The zero-order valence-electron chi connectivity index (χ0n) is 12.7. The summed E-state index contributed by atoms with van der Waals surface area (Å²) in [5.41, 5.74) is 11.8. The molecule has 2 heterocycles. The number of carbonyl (C=O) groups is 1. The minimum atomic E-state index is -0.738. The van der Waals surface area contributed by atoms with Crippen molar-refractivity contribution < 1.29 is 9.53 Å². The maximum atomic E-state index is 11.9. The van der Waals surface area contributed by atoms with E-state index in [9.17, 15) is 4.79 Å². The van der Waals surface area contributed by atoms with Crippen molar-refractivity contribution >= 4 is 16.9 Å². The first-order valence-electron chi connectivity index (χ1n) is 7.27. The maximum Gasteiger partial charge on any atom is 0.327 e. The molecule has 1 aliphatic heterocycles. The molecule has 3 rings (SSSR count). The lowest BCUT2D eigenvalue weighted by atomic mass is 10.0. The average molecular weight is 287 g/mol. The van der Waals surface area contributed by atoms with Crippen molar-refractivity contribution in [2.24, 2.45) is 5.73 Å². The second kappa shape index (κ2) is 5.16. The minimum Gasteiger partial charge on any atom is -0.468 e. The summed E-state index contributed by atoms with van der Waals surface area (Å²) in [6.45, 7) is 6.74. The predicted molar refractivity (Wildman–Crippen MR) is 81.8 cm³/mol. The zero-order valence-corrected chi connectivity index (χ0v) is 12.7. The van der Waals surface area contributed by atoms with Gasteiger partial charge in [-0.25, -0.2) is 0 Å². The number of esters is 1. The highest BCUT2D eigenvalue weighted by molar-refractivity contribution is 5.92. The number of fused-ring (bicyclic) bond motifs is 2. The second-order valence-electron chi connectivity index (χ2n) is 5.49. The topological polar surface area (TPSA) is 69.3 Å². The van der Waals surface area contributed by atoms with E-state index >= 15 is 0 Å². The summed E-state index contributed by atoms with van der Waals surface area (Å²) in [5.74, 6) is -0.396. The van der Waals surface area contributed by atoms with Crippen LogP contribution in [0.2, 0.25) is 0 Å². The van der Waals surface area contributed by atoms with E-state index in [2.05, 4.69) is 28.9 Å². The van der Waals surface area contributed by atoms with Gasteiger partial charge >= 0.3 is 5.97 Å². The van der Waals surface area contributed by atoms with Gasteiger partial charge in [0.05, 0.1) is 7.11 Å². The monoisotopic (exact) mass is 287 g/mol. The largest absolute Gasteiger partial charge is 0.468 e. The van der Waals surface area contributed by atoms with Crippen molar-refractivity contribution in [2.75, 3.05) is 7.11 Å². The Kier molecular flexibility index (Phi) is 3.47. The molecule has 1 aliphatic rings. The number of nitrogens with one attached hydrogen (secondary N) is 1. The third-order valence-corrected chi connectivity index (χ3v) is 4.41. The van der Waals surface area contributed by atoms with Gasteiger partial charge in [-0.05, 0) is 37.1 Å². The molecule has 0 saturated carbocycles. The molecule has 1 aromatic heterocycles. The van der Waals surface area contributed by atoms with Crippen LogP contribution < -0.4 is 11.1 Å². The van der Waals surface area contributed by atoms with Crippen molar-refractivity contribution in [2.45, 2.75) is 39.5 Å². The van der Waals surface area contributed by atoms with Crippen LogP contribution in [0.1, 0.15) is 35.3 Å². The van der Waals surface area contributed by atoms with Crippen molar-refractivity contribution in [1.29, 1.82) is 0 Å². The molecule has 0 amide bonds. The van der Waals surface area contributed by atoms with E-state index in [1.807, 2.05) is 6.92 Å². The summed E-state index contributed by atoms with van der Waals surface area (Å²) in [7, 11) is 1.37. The van der Waals surface area contributed by atoms with E-state index in [0.717, 1.165) is 41.8 Å². The fourth-order valence-corrected chi connectivity index (χ4v) is 3.34. The molecule has 1 atom stereocenters. The maximum absolute atomic E-state index is 11.9. The molecule has 3 N–H and O–H groups in total. The third kappa shape index (κ3) is 2.04. The SMILES string of the molecule is CCn1c(C)c(C(N)C(=O)OC)c2cc3c(cc21)CNC3. The molecule has 0 bridgehead atoms. The Morgan fingerprint density at radius 1 is 1.43 bits per heavy atom. The highest BCUT2D eigenvalue weighted by atomic mass is 16.5. The molecular formula is C16H21N3O2. The number of ether oxygens (including phenoxy) is 1. The number of rotatable bonds is 3. The molecule has 0 radical (unpaired) electrons. The van der Waals surface area contributed by atoms with Gasteiger partial charge < -0.3 is 20.4 Å². The first kappa shape index (κ1) is 14.1. The lowest BCUT2D eigenvalue weighted by molar-refractivity contribution is -0.142. The van der Waals surface area contributed by atoms with Gasteiger partial charge in [-0.2, -0.15) is 0 Å². The molecule has 1 unspecified atom stereocenters. The van der Waals surface area contributed by atoms with E-state index in [-0.39, 0.29) is 0 Å². The van der Waals surface area contributed by atoms with Gasteiger partial charge in [-0.1, -0.05) is 0 Å². The Bertz CT molecular complexity index is 718. The number of nitrogens with zero attached hydrogens (tertiary/aromatic N) is 1. The minimum absolute atomic E-state index is 0.396. The average Bonchev–Trinajstić information content (AvgIpc) is 3.04. The Morgan fingerprint density at radius 3 is 2.71 bits per heavy atom. The van der Waals surface area contributed by atoms with Gasteiger partial charge in [0.25, 0.3) is 0 Å². The summed E-state index contributed by atoms with van der Waals surface area (Å²) >= 11 is 0. The number of hydrogen-bond donors (Lipinski definition) is 2. The van der Waals surface area contributed by atoms with E-state index in [1.165, 1.54) is 18.2 Å². The van der Waals surface area contributed by atoms with Gasteiger partial charge in [0.1, 0.15) is 6.04 Å². The molecule has 2 aromatic rings. The van der Waals surface area contributed by atoms with Crippen LogP contribution in [-0.4, -0.2) is 17.6 Å². The summed E-state index contributed by atoms with van der Waals surface area (Å²) in [4.78, 5) is 11.9. The van der Waals surface area contributed by atoms with Gasteiger partial charge in [0.2, 0.25) is 0 Å². The van der Waals surface area contributed by atoms with Gasteiger partial charge in [0, 0.05) is 41.8 Å². The van der Waals surface area contributed by atoms with Crippen LogP contribution in [0.5, 0.6) is 0 Å². The van der Waals surface area contributed by atoms with Gasteiger partial charge in [-0.15, -0.1) is 0 Å². The van der Waals surface area contributed by atoms with Crippen molar-refractivity contribution in [3.8, 4) is 0 Å². The Balaban J connectivity index is 2.28. The second-order valence-corrected chi connectivity index (χ2v) is 5.49. The summed E-state index contributed by atoms with van der Waals surface area (Å²) in [6, 6.07) is 3.65. The molecular weight excluding hydrogens is 266 g/mol. The number of aromatic nitrogens is 1. The molecule has 0 spiro atoms. The quantitative estimate of drug-likeness (QED) is 0.844. The lowest BCUT2D eigenvalue weighted by Crippen LogP contribution is -2.23. The number of hydrogen-bond acceptors (Lipinski definition) is 4. The zero-order chi connectivity index (χ0) is 15.1. The smallest absolute Gasteiger partial charge is 0.327 e. The number of methoxy groups -OCH3 is 1. The van der Waals surface area contributed by atoms with Crippen LogP contribution in [0.4, 0.5) is 0 Å². The van der Waals surface area contributed by atoms with Crippen molar-refractivity contribution in [1.82, 2.24) is 9.88 Å². The van der Waals surface area contributed by atoms with Crippen LogP contribution in [0.25, 0.3) is 10.9 Å². The van der Waals surface area contributed by atoms with Crippen molar-refractivity contribution in [3.05, 3.63) is 34.5 Å². The predicted octanol–water partition coefficient (Wildman–Crippen LogP) is 1.75. The Morgan fingerprint density at radius 2 is 2.10 bits per heavy atom. The molecule has 0 aliphatic carbocycles. The summed E-state index contributed by atoms with van der Waals surface area (Å²) < 4.78 is 7.03. The van der Waals surface area contributed by atoms with Crippen LogP contribution in [0.3, 0.4) is 0 Å². The number of nitrogens with two attached hydrogens (primary N) is 1. The van der Waals surface area contributed by atoms with E-state index < -0.39 is 12.0 Å². The molecule has 112 valence electrons. The number of benzene rings is 1. The molecule has 5 nitrogen and oxygen atoms in total. The van der Waals surface area contributed by atoms with Crippen LogP contribution in [0, 0.1) is 6.92 Å². The first-order chi connectivity index (χ1) is 10.1. The first-order valence-corrected chi connectivity index (χ1v) is 7.27. The standard InChI is InChI=1S/C16H21N3O2/c1-4-19-9(2)14(15(17)16(20)21-3)12-5-10-7-18-8-11(10)6-13(12)19/h5-6,15,18H,4,7-8,17H2,1-3H3. The molecule has 21 heavy (non-hydrogen) atoms. The number of carbonyl (C=O) groups excluding carboxylic acids is 1. The Hall–Kier alpha value is -1.85. The number of aryl methyl sites for hydroxylation is 1. The van der Waals surface area contributed by atoms with Gasteiger partial charge in [0.15, 0.2) is 0 Å². The van der Waals surface area contributed by atoms with E-state index in [0.29, 0.717) is 0 Å². The van der Waals surface area contributed by atoms with Gasteiger partial charge in [-0.3, -0.25) is 4.79 Å². The van der Waals surface area contributed by atoms with Crippen LogP contribution in [0.15, 0.2) is 12.1 Å². The van der Waals surface area contributed by atoms with Crippen LogP contribution in [-0.2, 0) is 29.2 Å². The molecule has 0 saturated heterocycles. The van der Waals surface area contributed by atoms with E-state index in [4.69, 9.17) is 10.5 Å². The molecule has 5 heteroatoms. The Labute approximate surface area is 124 Å². The molecule has 1 aromatic carbocycles. The highest BCUT2D eigenvalue weighted by Gasteiger charge is 2.26. The third-order valence-electron chi connectivity index (χ3n) is 4.41. The highest BCUT2D eigenvalue weighted by Crippen LogP contribution is 2.33. The molecule has 0 fully saturated rings. The fourth-order valence-electron chi connectivity index (χ4n) is 3.34. The fraction of sp³-hybridized carbons (Fsp3) is 0.438. The van der Waals surface area contributed by atoms with Crippen LogP contribution >= 0.6 is 0 Å². The normalized spacial score (nSPS) is 15.2. The summed E-state index contributed by atoms with van der Waals surface area (Å²) in [5, 5.41) is 4.42. The summed E-state index contributed by atoms with van der Waals surface area (Å²) in [6.07, 6.45) is 0. The lowest BCUT2D eigenvalue weighted by Gasteiger charge is -2.11.